The summed E-state index contributed by atoms with van der Waals surface area (Å²) in [6.45, 7) is 3.09. The van der Waals surface area contributed by atoms with Crippen molar-refractivity contribution < 1.29 is 5.11 Å². The van der Waals surface area contributed by atoms with Crippen molar-refractivity contribution in [1.29, 1.82) is 0 Å². The maximum atomic E-state index is 9.84. The first kappa shape index (κ1) is 13.4. The molecule has 1 atom stereocenters. The van der Waals surface area contributed by atoms with Gasteiger partial charge in [-0.15, -0.1) is 0 Å². The topological polar surface area (TPSA) is 35.5 Å². The summed E-state index contributed by atoms with van der Waals surface area (Å²) in [5, 5.41) is 13.4. The van der Waals surface area contributed by atoms with Crippen LogP contribution >= 0.6 is 0 Å². The molecule has 2 N–H and O–H groups in total. The van der Waals surface area contributed by atoms with Crippen molar-refractivity contribution in [2.75, 3.05) is 20.6 Å². The molecule has 0 aliphatic heterocycles. The van der Waals surface area contributed by atoms with E-state index in [4.69, 9.17) is 0 Å². The van der Waals surface area contributed by atoms with Gasteiger partial charge in [-0.05, 0) is 46.3 Å². The Morgan fingerprint density at radius 2 is 2.00 bits per heavy atom. The molecule has 1 aliphatic rings. The number of nitrogens with zero attached hydrogens (tertiary/aromatic N) is 1. The van der Waals surface area contributed by atoms with Crippen LogP contribution < -0.4 is 5.32 Å². The van der Waals surface area contributed by atoms with Gasteiger partial charge in [0.05, 0.1) is 0 Å². The van der Waals surface area contributed by atoms with Gasteiger partial charge in [0.25, 0.3) is 0 Å². The summed E-state index contributed by atoms with van der Waals surface area (Å²) in [5.41, 5.74) is 1.30. The number of aromatic hydroxyl groups is 1. The number of rotatable bonds is 5. The highest BCUT2D eigenvalue weighted by molar-refractivity contribution is 5.34. The fraction of sp³-hybridized carbons (Fsp3) is 0.600. The van der Waals surface area contributed by atoms with Gasteiger partial charge in [-0.25, -0.2) is 0 Å². The minimum atomic E-state index is 0.184. The number of phenolic OH excluding ortho intramolecular Hbond substituents is 1. The molecule has 1 aromatic carbocycles. The summed E-state index contributed by atoms with van der Waals surface area (Å²) >= 11 is 0. The van der Waals surface area contributed by atoms with Crippen LogP contribution in [0.2, 0.25) is 0 Å². The first-order valence-electron chi connectivity index (χ1n) is 6.74. The van der Waals surface area contributed by atoms with Gasteiger partial charge >= 0.3 is 0 Å². The van der Waals surface area contributed by atoms with Gasteiger partial charge in [-0.1, -0.05) is 18.2 Å². The molecule has 0 amide bonds. The van der Waals surface area contributed by atoms with Crippen LogP contribution in [0.1, 0.15) is 37.8 Å². The Morgan fingerprint density at radius 3 is 2.50 bits per heavy atom. The Labute approximate surface area is 110 Å². The van der Waals surface area contributed by atoms with Gasteiger partial charge in [-0.2, -0.15) is 0 Å². The molecule has 0 heterocycles. The first-order valence-corrected chi connectivity index (χ1v) is 6.74. The van der Waals surface area contributed by atoms with Crippen LogP contribution in [0.15, 0.2) is 24.3 Å². The Kier molecular flexibility index (Phi) is 3.93. The van der Waals surface area contributed by atoms with E-state index in [1.54, 1.807) is 6.07 Å². The molecule has 0 spiro atoms. The summed E-state index contributed by atoms with van der Waals surface area (Å²) in [6, 6.07) is 7.75. The zero-order chi connectivity index (χ0) is 13.2. The summed E-state index contributed by atoms with van der Waals surface area (Å²) in [4.78, 5) is 2.33. The smallest absolute Gasteiger partial charge is 0.120 e. The summed E-state index contributed by atoms with van der Waals surface area (Å²) in [6.07, 6.45) is 3.85. The molecule has 0 saturated heterocycles. The fourth-order valence-corrected chi connectivity index (χ4v) is 2.67. The van der Waals surface area contributed by atoms with Gasteiger partial charge in [0.1, 0.15) is 5.75 Å². The van der Waals surface area contributed by atoms with E-state index < -0.39 is 0 Å². The normalized spacial score (nSPS) is 19.6. The predicted octanol–water partition coefficient (Wildman–Crippen LogP) is 2.53. The van der Waals surface area contributed by atoms with Crippen LogP contribution in [0, 0.1) is 0 Å². The lowest BCUT2D eigenvalue weighted by molar-refractivity contribution is 0.0575. The molecule has 2 rings (SSSR count). The Hall–Kier alpha value is -1.06. The third-order valence-electron chi connectivity index (χ3n) is 4.37. The molecule has 100 valence electrons. The lowest BCUT2D eigenvalue weighted by Crippen LogP contribution is -2.56. The van der Waals surface area contributed by atoms with Crippen LogP contribution in [0.25, 0.3) is 0 Å². The van der Waals surface area contributed by atoms with Crippen molar-refractivity contribution >= 4 is 0 Å². The van der Waals surface area contributed by atoms with Crippen LogP contribution in [0.5, 0.6) is 5.75 Å². The summed E-state index contributed by atoms with van der Waals surface area (Å²) in [7, 11) is 4.32. The Morgan fingerprint density at radius 1 is 1.33 bits per heavy atom. The van der Waals surface area contributed by atoms with Gasteiger partial charge in [0.2, 0.25) is 0 Å². The second-order valence-corrected chi connectivity index (χ2v) is 5.63. The van der Waals surface area contributed by atoms with E-state index in [-0.39, 0.29) is 6.04 Å². The van der Waals surface area contributed by atoms with Gasteiger partial charge in [-0.3, -0.25) is 0 Å². The number of hydrogen-bond acceptors (Lipinski definition) is 3. The number of hydrogen-bond donors (Lipinski definition) is 2. The quantitative estimate of drug-likeness (QED) is 0.840. The van der Waals surface area contributed by atoms with Crippen LogP contribution in [0.3, 0.4) is 0 Å². The maximum absolute atomic E-state index is 9.84. The Bertz CT molecular complexity index is 399. The standard InChI is InChI=1S/C15H24N2O/c1-12(13-7-4-5-8-14(13)18)16-11-15(17(2)3)9-6-10-15/h4-5,7-8,12,16,18H,6,9-11H2,1-3H3. The van der Waals surface area contributed by atoms with E-state index in [0.717, 1.165) is 12.1 Å². The Balaban J connectivity index is 1.96. The summed E-state index contributed by atoms with van der Waals surface area (Å²) < 4.78 is 0. The van der Waals surface area contributed by atoms with Crippen LogP contribution in [0.4, 0.5) is 0 Å². The molecule has 0 radical (unpaired) electrons. The van der Waals surface area contributed by atoms with Crippen molar-refractivity contribution in [3.63, 3.8) is 0 Å². The predicted molar refractivity (Wildman–Crippen MR) is 74.8 cm³/mol. The molecule has 1 fully saturated rings. The van der Waals surface area contributed by atoms with Gasteiger partial charge < -0.3 is 15.3 Å². The zero-order valence-electron chi connectivity index (χ0n) is 11.6. The van der Waals surface area contributed by atoms with Gasteiger partial charge in [0.15, 0.2) is 0 Å². The van der Waals surface area contributed by atoms with Crippen molar-refractivity contribution in [3.05, 3.63) is 29.8 Å². The highest BCUT2D eigenvalue weighted by Gasteiger charge is 2.38. The van der Waals surface area contributed by atoms with Crippen molar-refractivity contribution in [1.82, 2.24) is 10.2 Å². The molecular formula is C15H24N2O. The lowest BCUT2D eigenvalue weighted by atomic mass is 9.75. The van der Waals surface area contributed by atoms with Gasteiger partial charge in [0, 0.05) is 23.7 Å². The molecule has 0 aromatic heterocycles. The highest BCUT2D eigenvalue weighted by atomic mass is 16.3. The van der Waals surface area contributed by atoms with Crippen LogP contribution in [-0.4, -0.2) is 36.2 Å². The lowest BCUT2D eigenvalue weighted by Gasteiger charge is -2.48. The minimum absolute atomic E-state index is 0.184. The van der Waals surface area contributed by atoms with E-state index >= 15 is 0 Å². The number of phenols is 1. The maximum Gasteiger partial charge on any atom is 0.120 e. The minimum Gasteiger partial charge on any atom is -0.508 e. The van der Waals surface area contributed by atoms with E-state index in [0.29, 0.717) is 11.3 Å². The van der Waals surface area contributed by atoms with E-state index in [2.05, 4.69) is 31.2 Å². The number of para-hydroxylation sites is 1. The third-order valence-corrected chi connectivity index (χ3v) is 4.37. The SMILES string of the molecule is CC(NCC1(N(C)C)CCC1)c1ccccc1O. The second kappa shape index (κ2) is 5.29. The average molecular weight is 248 g/mol. The van der Waals surface area contributed by atoms with E-state index in [9.17, 15) is 5.11 Å². The largest absolute Gasteiger partial charge is 0.508 e. The highest BCUT2D eigenvalue weighted by Crippen LogP contribution is 2.36. The molecule has 1 saturated carbocycles. The monoisotopic (exact) mass is 248 g/mol. The summed E-state index contributed by atoms with van der Waals surface area (Å²) in [5.74, 6) is 0.380. The molecule has 1 aliphatic carbocycles. The first-order chi connectivity index (χ1) is 8.55. The molecule has 0 bridgehead atoms. The van der Waals surface area contributed by atoms with E-state index in [1.165, 1.54) is 19.3 Å². The number of benzene rings is 1. The van der Waals surface area contributed by atoms with Crippen molar-refractivity contribution in [2.45, 2.75) is 37.8 Å². The third kappa shape index (κ3) is 2.52. The molecule has 1 unspecified atom stereocenters. The molecule has 18 heavy (non-hydrogen) atoms. The van der Waals surface area contributed by atoms with Crippen molar-refractivity contribution in [2.24, 2.45) is 0 Å². The second-order valence-electron chi connectivity index (χ2n) is 5.63. The van der Waals surface area contributed by atoms with Crippen molar-refractivity contribution in [3.8, 4) is 5.75 Å². The molecule has 3 nitrogen and oxygen atoms in total. The zero-order valence-corrected chi connectivity index (χ0v) is 11.6. The average Bonchev–Trinajstić information content (AvgIpc) is 2.27. The number of nitrogens with one attached hydrogen (secondary N) is 1. The van der Waals surface area contributed by atoms with E-state index in [1.807, 2.05) is 18.2 Å². The molecule has 1 aromatic rings. The fourth-order valence-electron chi connectivity index (χ4n) is 2.67. The molecular weight excluding hydrogens is 224 g/mol. The number of likely N-dealkylation sites (N-methyl/N-ethyl adjacent to an activating group) is 1. The molecule has 3 heteroatoms. The van der Waals surface area contributed by atoms with Crippen LogP contribution in [-0.2, 0) is 0 Å².